The SMILES string of the molecule is Cc1nc([C@H](NS(=O)(=O)c2ccc(Cl)s2)C(C)C)n[nH]1. The zero-order chi connectivity index (χ0) is 14.9. The highest BCUT2D eigenvalue weighted by atomic mass is 35.5. The predicted molar refractivity (Wildman–Crippen MR) is 78.3 cm³/mol. The Morgan fingerprint density at radius 2 is 2.10 bits per heavy atom. The van der Waals surface area contributed by atoms with Crippen LogP contribution in [0.2, 0.25) is 4.34 Å². The number of aromatic nitrogens is 3. The van der Waals surface area contributed by atoms with Crippen LogP contribution in [0, 0.1) is 12.8 Å². The maximum absolute atomic E-state index is 12.3. The van der Waals surface area contributed by atoms with Crippen molar-refractivity contribution < 1.29 is 8.42 Å². The van der Waals surface area contributed by atoms with Crippen LogP contribution in [0.4, 0.5) is 0 Å². The summed E-state index contributed by atoms with van der Waals surface area (Å²) < 4.78 is 27.9. The molecule has 1 atom stereocenters. The molecule has 0 spiro atoms. The molecule has 0 aromatic carbocycles. The van der Waals surface area contributed by atoms with Gasteiger partial charge in [-0.2, -0.15) is 9.82 Å². The summed E-state index contributed by atoms with van der Waals surface area (Å²) in [6, 6.07) is 2.55. The fraction of sp³-hybridized carbons (Fsp3) is 0.455. The van der Waals surface area contributed by atoms with E-state index in [4.69, 9.17) is 11.6 Å². The van der Waals surface area contributed by atoms with E-state index in [9.17, 15) is 8.42 Å². The van der Waals surface area contributed by atoms with Gasteiger partial charge in [-0.25, -0.2) is 13.4 Å². The molecule has 0 bridgehead atoms. The summed E-state index contributed by atoms with van der Waals surface area (Å²) in [7, 11) is -3.63. The number of aromatic amines is 1. The van der Waals surface area contributed by atoms with Gasteiger partial charge in [0.15, 0.2) is 5.82 Å². The molecule has 20 heavy (non-hydrogen) atoms. The van der Waals surface area contributed by atoms with Gasteiger partial charge < -0.3 is 0 Å². The van der Waals surface area contributed by atoms with Crippen LogP contribution in [0.5, 0.6) is 0 Å². The molecule has 2 rings (SSSR count). The Balaban J connectivity index is 2.29. The van der Waals surface area contributed by atoms with E-state index in [1.165, 1.54) is 6.07 Å². The second-order valence-corrected chi connectivity index (χ2v) is 8.34. The highest BCUT2D eigenvalue weighted by molar-refractivity contribution is 7.91. The summed E-state index contributed by atoms with van der Waals surface area (Å²) in [5, 5.41) is 6.75. The number of hydrogen-bond donors (Lipinski definition) is 2. The van der Waals surface area contributed by atoms with Crippen LogP contribution in [-0.4, -0.2) is 23.6 Å². The van der Waals surface area contributed by atoms with Crippen molar-refractivity contribution >= 4 is 33.0 Å². The molecule has 0 aliphatic carbocycles. The number of nitrogens with one attached hydrogen (secondary N) is 2. The Bertz CT molecular complexity index is 693. The molecule has 0 amide bonds. The number of hydrogen-bond acceptors (Lipinski definition) is 5. The van der Waals surface area contributed by atoms with E-state index < -0.39 is 16.1 Å². The van der Waals surface area contributed by atoms with Crippen LogP contribution < -0.4 is 4.72 Å². The first-order valence-electron chi connectivity index (χ1n) is 5.96. The molecule has 2 N–H and O–H groups in total. The average Bonchev–Trinajstić information content (AvgIpc) is 2.95. The second-order valence-electron chi connectivity index (χ2n) is 4.68. The van der Waals surface area contributed by atoms with Gasteiger partial charge in [0.2, 0.25) is 0 Å². The third kappa shape index (κ3) is 3.38. The predicted octanol–water partition coefficient (Wildman–Crippen LogP) is 2.50. The van der Waals surface area contributed by atoms with Crippen molar-refractivity contribution in [3.8, 4) is 0 Å². The number of halogens is 1. The van der Waals surface area contributed by atoms with Crippen LogP contribution in [-0.2, 0) is 10.0 Å². The monoisotopic (exact) mass is 334 g/mol. The van der Waals surface area contributed by atoms with Crippen LogP contribution in [0.1, 0.15) is 31.5 Å². The molecule has 9 heteroatoms. The Kier molecular flexibility index (Phi) is 4.48. The molecule has 0 unspecified atom stereocenters. The topological polar surface area (TPSA) is 87.7 Å². The van der Waals surface area contributed by atoms with Crippen LogP contribution in [0.25, 0.3) is 0 Å². The largest absolute Gasteiger partial charge is 0.263 e. The van der Waals surface area contributed by atoms with Gasteiger partial charge in [-0.05, 0) is 25.0 Å². The van der Waals surface area contributed by atoms with Gasteiger partial charge in [-0.3, -0.25) is 5.10 Å². The van der Waals surface area contributed by atoms with Crippen molar-refractivity contribution in [2.24, 2.45) is 5.92 Å². The highest BCUT2D eigenvalue weighted by Gasteiger charge is 2.27. The number of H-pyrrole nitrogens is 1. The Morgan fingerprint density at radius 1 is 1.40 bits per heavy atom. The van der Waals surface area contributed by atoms with E-state index in [2.05, 4.69) is 19.9 Å². The van der Waals surface area contributed by atoms with E-state index in [-0.39, 0.29) is 10.1 Å². The van der Waals surface area contributed by atoms with Gasteiger partial charge in [0.25, 0.3) is 10.0 Å². The lowest BCUT2D eigenvalue weighted by Gasteiger charge is -2.18. The molecular weight excluding hydrogens is 320 g/mol. The van der Waals surface area contributed by atoms with Gasteiger partial charge in [0, 0.05) is 0 Å². The summed E-state index contributed by atoms with van der Waals surface area (Å²) in [6.45, 7) is 5.57. The molecule has 0 aliphatic rings. The lowest BCUT2D eigenvalue weighted by atomic mass is 10.1. The first-order chi connectivity index (χ1) is 9.29. The lowest BCUT2D eigenvalue weighted by molar-refractivity contribution is 0.445. The fourth-order valence-electron chi connectivity index (χ4n) is 1.65. The molecule has 0 aliphatic heterocycles. The van der Waals surface area contributed by atoms with Gasteiger partial charge >= 0.3 is 0 Å². The third-order valence-corrected chi connectivity index (χ3v) is 5.82. The molecule has 0 saturated heterocycles. The summed E-state index contributed by atoms with van der Waals surface area (Å²) in [5.41, 5.74) is 0. The molecule has 2 aromatic rings. The van der Waals surface area contributed by atoms with E-state index in [0.717, 1.165) is 11.3 Å². The first kappa shape index (κ1) is 15.4. The highest BCUT2D eigenvalue weighted by Crippen LogP contribution is 2.28. The van der Waals surface area contributed by atoms with Crippen molar-refractivity contribution in [1.29, 1.82) is 0 Å². The molecule has 0 radical (unpaired) electrons. The number of rotatable bonds is 5. The molecule has 2 aromatic heterocycles. The van der Waals surface area contributed by atoms with Gasteiger partial charge in [-0.15, -0.1) is 11.3 Å². The fourth-order valence-corrected chi connectivity index (χ4v) is 4.50. The summed E-state index contributed by atoms with van der Waals surface area (Å²) in [4.78, 5) is 4.20. The van der Waals surface area contributed by atoms with Crippen molar-refractivity contribution in [2.75, 3.05) is 0 Å². The van der Waals surface area contributed by atoms with Crippen LogP contribution >= 0.6 is 22.9 Å². The molecular formula is C11H15ClN4O2S2. The Morgan fingerprint density at radius 3 is 2.55 bits per heavy atom. The molecule has 0 saturated carbocycles. The van der Waals surface area contributed by atoms with E-state index in [0.29, 0.717) is 16.0 Å². The quantitative estimate of drug-likeness (QED) is 0.879. The average molecular weight is 335 g/mol. The zero-order valence-electron chi connectivity index (χ0n) is 11.2. The minimum atomic E-state index is -3.63. The van der Waals surface area contributed by atoms with Crippen LogP contribution in [0.3, 0.4) is 0 Å². The lowest BCUT2D eigenvalue weighted by Crippen LogP contribution is -2.32. The maximum Gasteiger partial charge on any atom is 0.250 e. The van der Waals surface area contributed by atoms with Gasteiger partial charge in [-0.1, -0.05) is 25.4 Å². The van der Waals surface area contributed by atoms with E-state index in [1.807, 2.05) is 13.8 Å². The maximum atomic E-state index is 12.3. The van der Waals surface area contributed by atoms with Crippen LogP contribution in [0.15, 0.2) is 16.3 Å². The summed E-state index contributed by atoms with van der Waals surface area (Å²) in [5.74, 6) is 1.09. The zero-order valence-corrected chi connectivity index (χ0v) is 13.6. The molecule has 110 valence electrons. The number of sulfonamides is 1. The van der Waals surface area contributed by atoms with E-state index >= 15 is 0 Å². The Hall–Kier alpha value is -0.960. The molecule has 0 fully saturated rings. The van der Waals surface area contributed by atoms with Crippen molar-refractivity contribution in [3.63, 3.8) is 0 Å². The molecule has 2 heterocycles. The van der Waals surface area contributed by atoms with Gasteiger partial charge in [0.1, 0.15) is 10.0 Å². The summed E-state index contributed by atoms with van der Waals surface area (Å²) in [6.07, 6.45) is 0. The smallest absolute Gasteiger partial charge is 0.250 e. The normalized spacial score (nSPS) is 13.8. The number of aryl methyl sites for hydroxylation is 1. The minimum absolute atomic E-state index is 0.00964. The third-order valence-electron chi connectivity index (χ3n) is 2.65. The van der Waals surface area contributed by atoms with E-state index in [1.54, 1.807) is 13.0 Å². The van der Waals surface area contributed by atoms with Crippen molar-refractivity contribution in [1.82, 2.24) is 19.9 Å². The number of nitrogens with zero attached hydrogens (tertiary/aromatic N) is 2. The summed E-state index contributed by atoms with van der Waals surface area (Å²) >= 11 is 6.80. The minimum Gasteiger partial charge on any atom is -0.263 e. The van der Waals surface area contributed by atoms with Crippen molar-refractivity contribution in [2.45, 2.75) is 31.0 Å². The molecule has 6 nitrogen and oxygen atoms in total. The standard InChI is InChI=1S/C11H15ClN4O2S2/c1-6(2)10(11-13-7(3)14-15-11)16-20(17,18)9-5-4-8(12)19-9/h4-6,10,16H,1-3H3,(H,13,14,15)/t10-/m1/s1. The number of thiophene rings is 1. The van der Waals surface area contributed by atoms with Crippen molar-refractivity contribution in [3.05, 3.63) is 28.1 Å². The van der Waals surface area contributed by atoms with Gasteiger partial charge in [0.05, 0.1) is 10.4 Å². The second kappa shape index (κ2) is 5.80. The Labute approximate surface area is 126 Å². The first-order valence-corrected chi connectivity index (χ1v) is 8.64.